The van der Waals surface area contributed by atoms with Crippen molar-refractivity contribution in [2.75, 3.05) is 0 Å². The Kier molecular flexibility index (Phi) is 9.58. The number of hydrogen-bond acceptors (Lipinski definition) is 1. The molecule has 3 heteroatoms. The number of rotatable bonds is 1. The van der Waals surface area contributed by atoms with Crippen LogP contribution in [0, 0.1) is 19.1 Å². The molecule has 0 saturated carbocycles. The average molecular weight is 417 g/mol. The van der Waals surface area contributed by atoms with Gasteiger partial charge in [-0.15, -0.1) is 12.5 Å². The minimum absolute atomic E-state index is 0. The molecule has 0 aliphatic rings. The summed E-state index contributed by atoms with van der Waals surface area (Å²) in [6.07, 6.45) is 0. The third kappa shape index (κ3) is 4.47. The van der Waals surface area contributed by atoms with Gasteiger partial charge in [-0.05, 0) is 0 Å². The van der Waals surface area contributed by atoms with Gasteiger partial charge in [0.1, 0.15) is 0 Å². The molecular formula is C10H8OWY-2. The van der Waals surface area contributed by atoms with E-state index < -0.39 is 0 Å². The first-order valence-electron chi connectivity index (χ1n) is 3.36. The molecule has 65 valence electrons. The maximum absolute atomic E-state index is 10.3. The van der Waals surface area contributed by atoms with Crippen LogP contribution in [0.2, 0.25) is 0 Å². The van der Waals surface area contributed by atoms with Gasteiger partial charge in [0.05, 0.1) is 0 Å². The van der Waals surface area contributed by atoms with Crippen LogP contribution in [-0.4, -0.2) is 5.94 Å². The van der Waals surface area contributed by atoms with Crippen LogP contribution >= 0.6 is 0 Å². The Hall–Kier alpha value is 0.462. The van der Waals surface area contributed by atoms with Crippen LogP contribution in [0.4, 0.5) is 0 Å². The molecule has 0 aliphatic heterocycles. The van der Waals surface area contributed by atoms with Crippen molar-refractivity contribution in [2.24, 2.45) is 0 Å². The van der Waals surface area contributed by atoms with Crippen LogP contribution < -0.4 is 0 Å². The van der Waals surface area contributed by atoms with Crippen LogP contribution in [0.5, 0.6) is 0 Å². The van der Waals surface area contributed by atoms with Crippen LogP contribution in [0.3, 0.4) is 0 Å². The second-order valence-electron chi connectivity index (χ2n) is 2.38. The van der Waals surface area contributed by atoms with Gasteiger partial charge in [-0.25, -0.2) is 17.7 Å². The number of carbonyl (C=O) groups excluding carboxylic acids is 1. The minimum atomic E-state index is 0. The second-order valence-corrected chi connectivity index (χ2v) is 2.38. The Balaban J connectivity index is 0. The fourth-order valence-electron chi connectivity index (χ4n) is 0.922. The maximum Gasteiger partial charge on any atom is 0.0263 e. The van der Waals surface area contributed by atoms with E-state index in [0.29, 0.717) is 5.57 Å². The van der Waals surface area contributed by atoms with Gasteiger partial charge in [-0.3, -0.25) is 22.5 Å². The molecule has 1 aromatic carbocycles. The van der Waals surface area contributed by atoms with Crippen molar-refractivity contribution >= 4 is 11.5 Å². The van der Waals surface area contributed by atoms with E-state index in [-0.39, 0.29) is 53.8 Å². The van der Waals surface area contributed by atoms with E-state index in [9.17, 15) is 4.79 Å². The number of aryl methyl sites for hydroxylation is 1. The molecule has 0 atom stereocenters. The minimum Gasteiger partial charge on any atom is -0.280 e. The molecule has 13 heavy (non-hydrogen) atoms. The molecule has 0 aromatic heterocycles. The predicted molar refractivity (Wildman–Crippen MR) is 43.6 cm³/mol. The monoisotopic (exact) mass is 417 g/mol. The molecule has 0 heterocycles. The standard InChI is InChI=1S/C10H8O.W.Y/c1-8-5-3-4-6-10(8)9(2)7-11;;/h4-5H,1-2H3;;/q-2;;. The van der Waals surface area contributed by atoms with Crippen molar-refractivity contribution in [1.29, 1.82) is 0 Å². The Labute approximate surface area is 118 Å². The zero-order chi connectivity index (χ0) is 8.27. The van der Waals surface area contributed by atoms with Gasteiger partial charge in [0.2, 0.25) is 0 Å². The summed E-state index contributed by atoms with van der Waals surface area (Å²) in [5.41, 5.74) is 2.43. The second kappa shape index (κ2) is 7.83. The fraction of sp³-hybridized carbons (Fsp3) is 0.200. The SMILES string of the molecule is CC(=C=O)c1[c-]c[c-]cc1C.[W].[Y]. The zero-order valence-electron chi connectivity index (χ0n) is 7.55. The summed E-state index contributed by atoms with van der Waals surface area (Å²) in [5, 5.41) is 0. The van der Waals surface area contributed by atoms with Crippen LogP contribution in [-0.2, 0) is 58.6 Å². The van der Waals surface area contributed by atoms with Crippen molar-refractivity contribution in [3.8, 4) is 0 Å². The molecule has 0 aliphatic carbocycles. The van der Waals surface area contributed by atoms with Crippen LogP contribution in [0.1, 0.15) is 18.1 Å². The van der Waals surface area contributed by atoms with Gasteiger partial charge >= 0.3 is 0 Å². The van der Waals surface area contributed by atoms with Gasteiger partial charge in [0.25, 0.3) is 0 Å². The third-order valence-electron chi connectivity index (χ3n) is 1.52. The number of benzene rings is 1. The largest absolute Gasteiger partial charge is 0.280 e. The molecule has 1 rings (SSSR count). The zero-order valence-corrected chi connectivity index (χ0v) is 13.3. The maximum atomic E-state index is 10.3. The first kappa shape index (κ1) is 15.9. The Bertz CT molecular complexity index is 316. The Morgan fingerprint density at radius 1 is 1.54 bits per heavy atom. The number of hydrogen-bond donors (Lipinski definition) is 0. The summed E-state index contributed by atoms with van der Waals surface area (Å²) in [5.74, 6) is 1.84. The van der Waals surface area contributed by atoms with Gasteiger partial charge in [-0.1, -0.05) is 6.92 Å². The quantitative estimate of drug-likeness (QED) is 0.504. The Morgan fingerprint density at radius 3 is 2.62 bits per heavy atom. The smallest absolute Gasteiger partial charge is 0.0263 e. The van der Waals surface area contributed by atoms with Gasteiger partial charge in [-0.2, -0.15) is 0 Å². The molecular weight excluding hydrogens is 409 g/mol. The van der Waals surface area contributed by atoms with Crippen LogP contribution in [0.25, 0.3) is 5.57 Å². The molecule has 0 spiro atoms. The van der Waals surface area contributed by atoms with Gasteiger partial charge in [0.15, 0.2) is 0 Å². The Morgan fingerprint density at radius 2 is 2.15 bits per heavy atom. The van der Waals surface area contributed by atoms with Crippen molar-refractivity contribution in [3.05, 3.63) is 35.4 Å². The van der Waals surface area contributed by atoms with E-state index in [1.807, 2.05) is 18.9 Å². The topological polar surface area (TPSA) is 17.1 Å². The average Bonchev–Trinajstić information content (AvgIpc) is 2.04. The van der Waals surface area contributed by atoms with Crippen molar-refractivity contribution in [2.45, 2.75) is 13.8 Å². The molecule has 0 saturated heterocycles. The number of allylic oxidation sites excluding steroid dienone is 1. The molecule has 1 nitrogen and oxygen atoms in total. The summed E-state index contributed by atoms with van der Waals surface area (Å²) >= 11 is 0. The summed E-state index contributed by atoms with van der Waals surface area (Å²) in [7, 11) is 0. The van der Waals surface area contributed by atoms with Crippen molar-refractivity contribution in [3.63, 3.8) is 0 Å². The summed E-state index contributed by atoms with van der Waals surface area (Å²) in [4.78, 5) is 10.3. The van der Waals surface area contributed by atoms with E-state index >= 15 is 0 Å². The molecule has 0 N–H and O–H groups in total. The first-order valence-corrected chi connectivity index (χ1v) is 3.36. The molecule has 1 aromatic rings. The van der Waals surface area contributed by atoms with E-state index in [4.69, 9.17) is 0 Å². The molecule has 1 radical (unpaired) electrons. The molecule has 0 amide bonds. The van der Waals surface area contributed by atoms with Crippen molar-refractivity contribution < 1.29 is 58.6 Å². The summed E-state index contributed by atoms with van der Waals surface area (Å²) in [6, 6.07) is 9.31. The summed E-state index contributed by atoms with van der Waals surface area (Å²) < 4.78 is 0. The first-order chi connectivity index (χ1) is 5.25. The summed E-state index contributed by atoms with van der Waals surface area (Å²) in [6.45, 7) is 3.65. The van der Waals surface area contributed by atoms with Gasteiger partial charge in [0, 0.05) is 59.7 Å². The van der Waals surface area contributed by atoms with E-state index in [1.54, 1.807) is 13.0 Å². The fourth-order valence-corrected chi connectivity index (χ4v) is 0.922. The van der Waals surface area contributed by atoms with Crippen LogP contribution in [0.15, 0.2) is 12.1 Å². The molecule has 0 bridgehead atoms. The molecule has 0 fully saturated rings. The van der Waals surface area contributed by atoms with E-state index in [2.05, 4.69) is 12.1 Å². The van der Waals surface area contributed by atoms with Gasteiger partial charge < -0.3 is 0 Å². The normalized spacial score (nSPS) is 7.54. The van der Waals surface area contributed by atoms with Crippen molar-refractivity contribution in [1.82, 2.24) is 0 Å². The third-order valence-corrected chi connectivity index (χ3v) is 1.52. The molecule has 0 unspecified atom stereocenters. The van der Waals surface area contributed by atoms with E-state index in [1.165, 1.54) is 0 Å². The predicted octanol–water partition coefficient (Wildman–Crippen LogP) is 1.83. The van der Waals surface area contributed by atoms with E-state index in [0.717, 1.165) is 11.1 Å².